The predicted octanol–water partition coefficient (Wildman–Crippen LogP) is 2.12. The highest BCUT2D eigenvalue weighted by atomic mass is 32.1. The number of nitrogens with zero attached hydrogens (tertiary/aromatic N) is 5. The van der Waals surface area contributed by atoms with Crippen molar-refractivity contribution in [3.63, 3.8) is 0 Å². The van der Waals surface area contributed by atoms with Crippen LogP contribution in [0, 0.1) is 17.5 Å². The first kappa shape index (κ1) is 19.5. The van der Waals surface area contributed by atoms with Gasteiger partial charge in [0.1, 0.15) is 11.5 Å². The first-order valence-electron chi connectivity index (χ1n) is 8.90. The van der Waals surface area contributed by atoms with Gasteiger partial charge in [0.2, 0.25) is 5.91 Å². The fourth-order valence-corrected chi connectivity index (χ4v) is 3.94. The molecule has 29 heavy (non-hydrogen) atoms. The van der Waals surface area contributed by atoms with Gasteiger partial charge in [0.05, 0.1) is 29.2 Å². The van der Waals surface area contributed by atoms with Crippen LogP contribution in [0.2, 0.25) is 0 Å². The second kappa shape index (κ2) is 7.91. The number of rotatable bonds is 5. The molecule has 11 heteroatoms. The number of carbonyl (C=O) groups is 1. The number of nitrogens with two attached hydrogens (primary N) is 1. The van der Waals surface area contributed by atoms with E-state index in [1.165, 1.54) is 11.3 Å². The monoisotopic (exact) mass is 422 g/mol. The lowest BCUT2D eigenvalue weighted by molar-refractivity contribution is -0.133. The fraction of sp³-hybridized carbons (Fsp3) is 0.333. The molecule has 2 N–H and O–H groups in total. The van der Waals surface area contributed by atoms with Crippen molar-refractivity contribution in [3.8, 4) is 10.6 Å². The third-order valence-electron chi connectivity index (χ3n) is 4.79. The van der Waals surface area contributed by atoms with Crippen molar-refractivity contribution in [2.24, 2.45) is 5.73 Å². The fourth-order valence-electron chi connectivity index (χ4n) is 3.31. The van der Waals surface area contributed by atoms with Crippen LogP contribution in [0.25, 0.3) is 10.6 Å². The van der Waals surface area contributed by atoms with E-state index >= 15 is 0 Å². The standard InChI is InChI=1S/C18H17F3N6OS/c19-12-6-14(21)13(20)4-10(12)3-11(22)5-17(28)26-1-2-27-15(8-26)18(24-25-27)16-7-23-9-29-16/h4,6-7,9,11H,1-3,5,8,22H2/t11-/m1/s1. The van der Waals surface area contributed by atoms with Crippen LogP contribution < -0.4 is 5.73 Å². The van der Waals surface area contributed by atoms with E-state index in [0.717, 1.165) is 16.6 Å². The highest BCUT2D eigenvalue weighted by molar-refractivity contribution is 7.13. The lowest BCUT2D eigenvalue weighted by Gasteiger charge is -2.28. The van der Waals surface area contributed by atoms with Gasteiger partial charge in [0, 0.05) is 31.3 Å². The van der Waals surface area contributed by atoms with Crippen LogP contribution in [-0.4, -0.2) is 43.4 Å². The van der Waals surface area contributed by atoms with Crippen molar-refractivity contribution < 1.29 is 18.0 Å². The molecule has 1 aliphatic heterocycles. The molecule has 1 atom stereocenters. The number of amides is 1. The summed E-state index contributed by atoms with van der Waals surface area (Å²) in [6, 6.07) is 0.535. The summed E-state index contributed by atoms with van der Waals surface area (Å²) in [5.74, 6) is -3.49. The Hall–Kier alpha value is -2.79. The Morgan fingerprint density at radius 2 is 2.00 bits per heavy atom. The third-order valence-corrected chi connectivity index (χ3v) is 5.57. The van der Waals surface area contributed by atoms with Crippen molar-refractivity contribution in [2.75, 3.05) is 6.54 Å². The highest BCUT2D eigenvalue weighted by Crippen LogP contribution is 2.27. The van der Waals surface area contributed by atoms with E-state index < -0.39 is 23.5 Å². The van der Waals surface area contributed by atoms with Gasteiger partial charge >= 0.3 is 0 Å². The van der Waals surface area contributed by atoms with Crippen molar-refractivity contribution >= 4 is 17.2 Å². The molecule has 3 heterocycles. The van der Waals surface area contributed by atoms with Crippen molar-refractivity contribution in [1.29, 1.82) is 0 Å². The first-order valence-corrected chi connectivity index (χ1v) is 9.78. The van der Waals surface area contributed by atoms with Crippen LogP contribution in [0.15, 0.2) is 23.8 Å². The molecule has 0 fully saturated rings. The summed E-state index contributed by atoms with van der Waals surface area (Å²) in [5.41, 5.74) is 9.13. The average molecular weight is 422 g/mol. The topological polar surface area (TPSA) is 89.9 Å². The Balaban J connectivity index is 1.42. The molecule has 0 saturated heterocycles. The zero-order valence-corrected chi connectivity index (χ0v) is 16.0. The van der Waals surface area contributed by atoms with Crippen LogP contribution in [0.5, 0.6) is 0 Å². The van der Waals surface area contributed by atoms with Crippen molar-refractivity contribution in [1.82, 2.24) is 24.9 Å². The zero-order valence-electron chi connectivity index (χ0n) is 15.2. The number of thiazole rings is 1. The van der Waals surface area contributed by atoms with Crippen LogP contribution >= 0.6 is 11.3 Å². The molecule has 0 unspecified atom stereocenters. The maximum atomic E-state index is 13.8. The minimum atomic E-state index is -1.26. The minimum absolute atomic E-state index is 0.0457. The molecule has 4 rings (SSSR count). The maximum absolute atomic E-state index is 13.8. The molecule has 1 amide bonds. The Morgan fingerprint density at radius 1 is 1.21 bits per heavy atom. The van der Waals surface area contributed by atoms with Gasteiger partial charge < -0.3 is 10.6 Å². The van der Waals surface area contributed by atoms with Gasteiger partial charge in [-0.05, 0) is 18.1 Å². The summed E-state index contributed by atoms with van der Waals surface area (Å²) in [5, 5.41) is 8.31. The molecule has 0 bridgehead atoms. The van der Waals surface area contributed by atoms with E-state index in [0.29, 0.717) is 31.4 Å². The molecule has 1 aliphatic rings. The number of fused-ring (bicyclic) bond motifs is 1. The van der Waals surface area contributed by atoms with E-state index in [2.05, 4.69) is 15.3 Å². The SMILES string of the molecule is N[C@@H](CC(=O)N1CCn2nnc(-c3cncs3)c2C1)Cc1cc(F)c(F)cc1F. The van der Waals surface area contributed by atoms with Gasteiger partial charge in [0.15, 0.2) is 11.6 Å². The molecule has 1 aromatic carbocycles. The third kappa shape index (κ3) is 4.01. The van der Waals surface area contributed by atoms with Crippen molar-refractivity contribution in [3.05, 3.63) is 52.5 Å². The summed E-state index contributed by atoms with van der Waals surface area (Å²) < 4.78 is 42.0. The van der Waals surface area contributed by atoms with Crippen LogP contribution in [-0.2, 0) is 24.3 Å². The van der Waals surface area contributed by atoms with E-state index in [9.17, 15) is 18.0 Å². The molecule has 3 aromatic rings. The lowest BCUT2D eigenvalue weighted by Crippen LogP contribution is -2.41. The number of hydrogen-bond donors (Lipinski definition) is 1. The predicted molar refractivity (Wildman–Crippen MR) is 99.2 cm³/mol. The second-order valence-corrected chi connectivity index (χ2v) is 7.70. The van der Waals surface area contributed by atoms with E-state index in [1.54, 1.807) is 21.3 Å². The molecular formula is C18H17F3N6OS. The van der Waals surface area contributed by atoms with Gasteiger partial charge in [0.25, 0.3) is 0 Å². The summed E-state index contributed by atoms with van der Waals surface area (Å²) in [7, 11) is 0. The number of hydrogen-bond acceptors (Lipinski definition) is 6. The molecule has 0 saturated carbocycles. The zero-order chi connectivity index (χ0) is 20.5. The molecule has 2 aromatic heterocycles. The molecular weight excluding hydrogens is 405 g/mol. The van der Waals surface area contributed by atoms with Crippen LogP contribution in [0.3, 0.4) is 0 Å². The second-order valence-electron chi connectivity index (χ2n) is 6.81. The average Bonchev–Trinajstić information content (AvgIpc) is 3.34. The van der Waals surface area contributed by atoms with E-state index in [1.807, 2.05) is 0 Å². The normalized spacial score (nSPS) is 14.7. The van der Waals surface area contributed by atoms with Crippen molar-refractivity contribution in [2.45, 2.75) is 32.0 Å². The highest BCUT2D eigenvalue weighted by Gasteiger charge is 2.27. The Kier molecular flexibility index (Phi) is 5.33. The largest absolute Gasteiger partial charge is 0.335 e. The quantitative estimate of drug-likeness (QED) is 0.636. The Labute approximate surface area is 168 Å². The maximum Gasteiger partial charge on any atom is 0.224 e. The number of carbonyl (C=O) groups excluding carboxylic acids is 1. The first-order chi connectivity index (χ1) is 13.9. The summed E-state index contributed by atoms with van der Waals surface area (Å²) in [4.78, 5) is 19.2. The lowest BCUT2D eigenvalue weighted by atomic mass is 10.0. The van der Waals surface area contributed by atoms with Crippen LogP contribution in [0.1, 0.15) is 17.7 Å². The molecule has 7 nitrogen and oxygen atoms in total. The smallest absolute Gasteiger partial charge is 0.224 e. The van der Waals surface area contributed by atoms with Gasteiger partial charge in [-0.15, -0.1) is 16.4 Å². The Morgan fingerprint density at radius 3 is 2.76 bits per heavy atom. The molecule has 0 aliphatic carbocycles. The number of aromatic nitrogens is 4. The summed E-state index contributed by atoms with van der Waals surface area (Å²) >= 11 is 1.44. The number of benzene rings is 1. The van der Waals surface area contributed by atoms with Crippen LogP contribution in [0.4, 0.5) is 13.2 Å². The molecule has 0 radical (unpaired) electrons. The van der Waals surface area contributed by atoms with Gasteiger partial charge in [-0.2, -0.15) is 0 Å². The molecule has 152 valence electrons. The minimum Gasteiger partial charge on any atom is -0.335 e. The van der Waals surface area contributed by atoms with E-state index in [-0.39, 0.29) is 24.3 Å². The van der Waals surface area contributed by atoms with Gasteiger partial charge in [-0.3, -0.25) is 9.78 Å². The van der Waals surface area contributed by atoms with E-state index in [4.69, 9.17) is 5.73 Å². The Bertz CT molecular complexity index is 1040. The van der Waals surface area contributed by atoms with Gasteiger partial charge in [-0.25, -0.2) is 17.9 Å². The summed E-state index contributed by atoms with van der Waals surface area (Å²) in [6.45, 7) is 1.27. The van der Waals surface area contributed by atoms with Gasteiger partial charge in [-0.1, -0.05) is 5.21 Å². The number of halogens is 3. The molecule has 0 spiro atoms. The summed E-state index contributed by atoms with van der Waals surface area (Å²) in [6.07, 6.45) is 1.58.